The minimum absolute atomic E-state index is 0.0577. The fourth-order valence-electron chi connectivity index (χ4n) is 3.69. The summed E-state index contributed by atoms with van der Waals surface area (Å²) in [6.07, 6.45) is 6.18. The highest BCUT2D eigenvalue weighted by Crippen LogP contribution is 2.45. The molecule has 2 aromatic heterocycles. The van der Waals surface area contributed by atoms with Crippen LogP contribution in [0.4, 0.5) is 5.82 Å². The third kappa shape index (κ3) is 1.78. The molecule has 108 valence electrons. The molecule has 2 aliphatic rings. The quantitative estimate of drug-likeness (QED) is 0.897. The summed E-state index contributed by atoms with van der Waals surface area (Å²) in [6, 6.07) is 0.0577. The van der Waals surface area contributed by atoms with Crippen LogP contribution in [0.5, 0.6) is 0 Å². The first-order valence-electron chi connectivity index (χ1n) is 6.78. The van der Waals surface area contributed by atoms with Crippen LogP contribution in [0.3, 0.4) is 0 Å². The summed E-state index contributed by atoms with van der Waals surface area (Å²) in [5.41, 5.74) is 5.79. The molecule has 2 heterocycles. The van der Waals surface area contributed by atoms with Gasteiger partial charge in [-0.25, -0.2) is 18.1 Å². The number of hydrogen-bond acceptors (Lipinski definition) is 5. The van der Waals surface area contributed by atoms with E-state index in [0.717, 1.165) is 19.3 Å². The highest BCUT2D eigenvalue weighted by atomic mass is 32.2. The molecule has 3 atom stereocenters. The SMILES string of the molecule is Nc1nc2sccn2c1S(=O)(=O)NC1CC2CCC1C2. The van der Waals surface area contributed by atoms with Crippen LogP contribution >= 0.6 is 11.3 Å². The maximum atomic E-state index is 12.6. The summed E-state index contributed by atoms with van der Waals surface area (Å²) < 4.78 is 29.6. The highest BCUT2D eigenvalue weighted by Gasteiger charge is 2.42. The summed E-state index contributed by atoms with van der Waals surface area (Å²) in [7, 11) is -3.62. The first kappa shape index (κ1) is 12.6. The van der Waals surface area contributed by atoms with Gasteiger partial charge in [-0.15, -0.1) is 11.3 Å². The minimum Gasteiger partial charge on any atom is -0.381 e. The topological polar surface area (TPSA) is 89.5 Å². The normalized spacial score (nSPS) is 29.5. The Morgan fingerprint density at radius 1 is 1.40 bits per heavy atom. The van der Waals surface area contributed by atoms with Gasteiger partial charge in [0.25, 0.3) is 10.0 Å². The Morgan fingerprint density at radius 3 is 2.95 bits per heavy atom. The summed E-state index contributed by atoms with van der Waals surface area (Å²) in [4.78, 5) is 4.71. The Bertz CT molecular complexity index is 764. The number of hydrogen-bond donors (Lipinski definition) is 2. The molecule has 3 unspecified atom stereocenters. The molecule has 0 aromatic carbocycles. The molecule has 0 radical (unpaired) electrons. The minimum atomic E-state index is -3.62. The van der Waals surface area contributed by atoms with Crippen LogP contribution in [0.1, 0.15) is 25.7 Å². The monoisotopic (exact) mass is 312 g/mol. The summed E-state index contributed by atoms with van der Waals surface area (Å²) in [5, 5.41) is 1.88. The van der Waals surface area contributed by atoms with Crippen LogP contribution in [0, 0.1) is 11.8 Å². The lowest BCUT2D eigenvalue weighted by Gasteiger charge is -2.22. The Hall–Kier alpha value is -1.12. The van der Waals surface area contributed by atoms with Crippen LogP contribution in [-0.2, 0) is 10.0 Å². The van der Waals surface area contributed by atoms with Gasteiger partial charge in [-0.3, -0.25) is 4.40 Å². The fraction of sp³-hybridized carbons (Fsp3) is 0.583. The Balaban J connectivity index is 1.69. The van der Waals surface area contributed by atoms with E-state index in [9.17, 15) is 8.42 Å². The van der Waals surface area contributed by atoms with Gasteiger partial charge in [0.2, 0.25) is 0 Å². The van der Waals surface area contributed by atoms with Gasteiger partial charge in [0.1, 0.15) is 0 Å². The van der Waals surface area contributed by atoms with E-state index in [-0.39, 0.29) is 16.9 Å². The second-order valence-electron chi connectivity index (χ2n) is 5.76. The molecule has 2 fully saturated rings. The van der Waals surface area contributed by atoms with Crippen molar-refractivity contribution >= 4 is 32.1 Å². The molecule has 2 aliphatic carbocycles. The summed E-state index contributed by atoms with van der Waals surface area (Å²) >= 11 is 1.37. The van der Waals surface area contributed by atoms with Crippen molar-refractivity contribution in [3.8, 4) is 0 Å². The molecular formula is C12H16N4O2S2. The van der Waals surface area contributed by atoms with Crippen LogP contribution in [0.2, 0.25) is 0 Å². The predicted octanol–water partition coefficient (Wildman–Crippen LogP) is 1.44. The standard InChI is InChI=1S/C12H16N4O2S2/c13-10-11(16-3-4-19-12(16)14-10)20(17,18)15-9-6-7-1-2-8(9)5-7/h3-4,7-9,15H,1-2,5-6,13H2. The molecule has 6 nitrogen and oxygen atoms in total. The van der Waals surface area contributed by atoms with Crippen LogP contribution in [-0.4, -0.2) is 23.8 Å². The van der Waals surface area contributed by atoms with E-state index in [1.54, 1.807) is 16.0 Å². The van der Waals surface area contributed by atoms with Crippen LogP contribution < -0.4 is 10.5 Å². The van der Waals surface area contributed by atoms with Gasteiger partial charge in [-0.05, 0) is 31.1 Å². The van der Waals surface area contributed by atoms with Crippen molar-refractivity contribution in [2.24, 2.45) is 11.8 Å². The van der Waals surface area contributed by atoms with E-state index in [4.69, 9.17) is 5.73 Å². The highest BCUT2D eigenvalue weighted by molar-refractivity contribution is 7.89. The maximum absolute atomic E-state index is 12.6. The number of aromatic nitrogens is 2. The van der Waals surface area contributed by atoms with E-state index >= 15 is 0 Å². The number of nitrogens with zero attached hydrogens (tertiary/aromatic N) is 2. The Kier molecular flexibility index (Phi) is 2.64. The molecule has 2 saturated carbocycles. The number of nitrogen functional groups attached to an aromatic ring is 1. The lowest BCUT2D eigenvalue weighted by molar-refractivity contribution is 0.390. The number of imidazole rings is 1. The van der Waals surface area contributed by atoms with Crippen molar-refractivity contribution in [3.05, 3.63) is 11.6 Å². The number of rotatable bonds is 3. The zero-order valence-corrected chi connectivity index (χ0v) is 12.5. The molecule has 0 spiro atoms. The molecule has 20 heavy (non-hydrogen) atoms. The van der Waals surface area contributed by atoms with Crippen molar-refractivity contribution in [2.75, 3.05) is 5.73 Å². The van der Waals surface area contributed by atoms with Gasteiger partial charge in [-0.1, -0.05) is 6.42 Å². The third-order valence-electron chi connectivity index (χ3n) is 4.54. The van der Waals surface area contributed by atoms with Gasteiger partial charge in [-0.2, -0.15) is 0 Å². The molecule has 3 N–H and O–H groups in total. The van der Waals surface area contributed by atoms with Crippen molar-refractivity contribution in [1.29, 1.82) is 0 Å². The van der Waals surface area contributed by atoms with Crippen molar-refractivity contribution < 1.29 is 8.42 Å². The van der Waals surface area contributed by atoms with Gasteiger partial charge in [0, 0.05) is 17.6 Å². The van der Waals surface area contributed by atoms with E-state index in [1.165, 1.54) is 17.8 Å². The van der Waals surface area contributed by atoms with Crippen molar-refractivity contribution in [2.45, 2.75) is 36.8 Å². The molecule has 8 heteroatoms. The molecule has 4 rings (SSSR count). The van der Waals surface area contributed by atoms with Crippen LogP contribution in [0.25, 0.3) is 4.96 Å². The largest absolute Gasteiger partial charge is 0.381 e. The summed E-state index contributed by atoms with van der Waals surface area (Å²) in [5.74, 6) is 1.26. The fourth-order valence-corrected chi connectivity index (χ4v) is 6.00. The number of fused-ring (bicyclic) bond motifs is 3. The molecule has 2 aromatic rings. The number of thiazole rings is 1. The molecule has 0 aliphatic heterocycles. The van der Waals surface area contributed by atoms with E-state index in [0.29, 0.717) is 16.8 Å². The lowest BCUT2D eigenvalue weighted by atomic mass is 9.96. The first-order chi connectivity index (χ1) is 9.54. The average Bonchev–Trinajstić information content (AvgIpc) is 3.06. The number of nitrogens with one attached hydrogen (secondary N) is 1. The molecular weight excluding hydrogens is 296 g/mol. The van der Waals surface area contributed by atoms with E-state index in [2.05, 4.69) is 9.71 Å². The second kappa shape index (κ2) is 4.19. The van der Waals surface area contributed by atoms with Gasteiger partial charge in [0.05, 0.1) is 0 Å². The molecule has 0 amide bonds. The third-order valence-corrected chi connectivity index (χ3v) is 6.83. The first-order valence-corrected chi connectivity index (χ1v) is 9.14. The predicted molar refractivity (Wildman–Crippen MR) is 77.0 cm³/mol. The van der Waals surface area contributed by atoms with Crippen molar-refractivity contribution in [1.82, 2.24) is 14.1 Å². The number of nitrogens with two attached hydrogens (primary N) is 1. The van der Waals surface area contributed by atoms with Crippen LogP contribution in [0.15, 0.2) is 16.6 Å². The number of anilines is 1. The van der Waals surface area contributed by atoms with Crippen molar-refractivity contribution in [3.63, 3.8) is 0 Å². The Labute approximate surface area is 121 Å². The zero-order valence-electron chi connectivity index (χ0n) is 10.8. The van der Waals surface area contributed by atoms with Gasteiger partial charge < -0.3 is 5.73 Å². The molecule has 0 saturated heterocycles. The summed E-state index contributed by atoms with van der Waals surface area (Å²) in [6.45, 7) is 0. The lowest BCUT2D eigenvalue weighted by Crippen LogP contribution is -2.39. The smallest absolute Gasteiger partial charge is 0.260 e. The van der Waals surface area contributed by atoms with E-state index in [1.807, 2.05) is 0 Å². The molecule has 2 bridgehead atoms. The Morgan fingerprint density at radius 2 is 2.25 bits per heavy atom. The zero-order chi connectivity index (χ0) is 13.9. The van der Waals surface area contributed by atoms with E-state index < -0.39 is 10.0 Å². The maximum Gasteiger partial charge on any atom is 0.260 e. The second-order valence-corrected chi connectivity index (χ2v) is 8.26. The van der Waals surface area contributed by atoms with Gasteiger partial charge >= 0.3 is 0 Å². The average molecular weight is 312 g/mol. The van der Waals surface area contributed by atoms with Gasteiger partial charge in [0.15, 0.2) is 15.8 Å². The number of sulfonamides is 1.